The number of ether oxygens (including phenoxy) is 2. The van der Waals surface area contributed by atoms with Gasteiger partial charge in [0.15, 0.2) is 11.5 Å². The molecule has 0 aliphatic carbocycles. The lowest BCUT2D eigenvalue weighted by Crippen LogP contribution is -2.35. The van der Waals surface area contributed by atoms with E-state index < -0.39 is 11.8 Å². The van der Waals surface area contributed by atoms with Gasteiger partial charge in [0, 0.05) is 5.02 Å². The van der Waals surface area contributed by atoms with Gasteiger partial charge in [-0.1, -0.05) is 36.4 Å². The Balaban J connectivity index is 1.89. The van der Waals surface area contributed by atoms with Crippen LogP contribution in [0, 0.1) is 6.92 Å². The Morgan fingerprint density at radius 1 is 1.18 bits per heavy atom. The number of carbonyl (C=O) groups excluding carboxylic acids is 2. The first kappa shape index (κ1) is 19.5. The minimum Gasteiger partial charge on any atom is -0.493 e. The zero-order valence-corrected chi connectivity index (χ0v) is 16.2. The molecule has 1 fully saturated rings. The highest BCUT2D eigenvalue weighted by molar-refractivity contribution is 6.33. The van der Waals surface area contributed by atoms with Crippen LogP contribution in [0.4, 0.5) is 5.69 Å². The number of hydrogen-bond acceptors (Lipinski definition) is 4. The molecule has 2 aromatic carbocycles. The number of benzene rings is 2. The molecule has 2 amide bonds. The molecule has 3 rings (SSSR count). The van der Waals surface area contributed by atoms with Crippen molar-refractivity contribution in [3.05, 3.63) is 70.8 Å². The Morgan fingerprint density at radius 2 is 1.96 bits per heavy atom. The Kier molecular flexibility index (Phi) is 5.70. The summed E-state index contributed by atoms with van der Waals surface area (Å²) >= 11 is 6.13. The zero-order valence-electron chi connectivity index (χ0n) is 15.5. The number of anilines is 1. The van der Waals surface area contributed by atoms with E-state index in [9.17, 15) is 9.59 Å². The third-order valence-corrected chi connectivity index (χ3v) is 4.57. The van der Waals surface area contributed by atoms with Crippen molar-refractivity contribution in [1.29, 1.82) is 0 Å². The van der Waals surface area contributed by atoms with Crippen LogP contribution in [-0.2, 0) is 9.59 Å². The van der Waals surface area contributed by atoms with E-state index in [4.69, 9.17) is 21.1 Å². The molecule has 1 aliphatic heterocycles. The van der Waals surface area contributed by atoms with Gasteiger partial charge >= 0.3 is 0 Å². The maximum atomic E-state index is 12.7. The fraction of sp³-hybridized carbons (Fsp3) is 0.143. The summed E-state index contributed by atoms with van der Waals surface area (Å²) in [4.78, 5) is 25.1. The molecule has 1 N–H and O–H groups in total. The second-order valence-electron chi connectivity index (χ2n) is 6.08. The lowest BCUT2D eigenvalue weighted by atomic mass is 10.1. The number of nitrogens with one attached hydrogen (secondary N) is 1. The molecular weight excluding hydrogens is 380 g/mol. The Morgan fingerprint density at radius 3 is 2.64 bits per heavy atom. The van der Waals surface area contributed by atoms with Crippen LogP contribution in [0.3, 0.4) is 0 Å². The van der Waals surface area contributed by atoms with Gasteiger partial charge in [-0.2, -0.15) is 0 Å². The zero-order chi connectivity index (χ0) is 20.3. The predicted octanol–water partition coefficient (Wildman–Crippen LogP) is 3.68. The molecule has 2 aromatic rings. The molecule has 1 aliphatic rings. The van der Waals surface area contributed by atoms with Crippen LogP contribution >= 0.6 is 11.6 Å². The number of amides is 2. The number of nitrogens with zero attached hydrogens (tertiary/aromatic N) is 1. The molecule has 0 bridgehead atoms. The summed E-state index contributed by atoms with van der Waals surface area (Å²) in [7, 11) is 1.52. The van der Waals surface area contributed by atoms with Crippen LogP contribution in [0.5, 0.6) is 11.5 Å². The van der Waals surface area contributed by atoms with Crippen molar-refractivity contribution in [2.75, 3.05) is 18.7 Å². The number of hydrogen-bond donors (Lipinski definition) is 1. The van der Waals surface area contributed by atoms with E-state index in [0.717, 1.165) is 5.56 Å². The Hall–Kier alpha value is -3.25. The van der Waals surface area contributed by atoms with Crippen LogP contribution in [0.15, 0.2) is 54.6 Å². The predicted molar refractivity (Wildman–Crippen MR) is 108 cm³/mol. The van der Waals surface area contributed by atoms with Gasteiger partial charge in [0.1, 0.15) is 12.2 Å². The molecule has 144 valence electrons. The topological polar surface area (TPSA) is 67.9 Å². The summed E-state index contributed by atoms with van der Waals surface area (Å²) in [5.41, 5.74) is 4.57. The molecule has 0 saturated carbocycles. The van der Waals surface area contributed by atoms with Gasteiger partial charge in [-0.25, -0.2) is 5.01 Å². The van der Waals surface area contributed by atoms with E-state index in [0.29, 0.717) is 34.4 Å². The molecule has 0 aromatic heterocycles. The smallest absolute Gasteiger partial charge is 0.282 e. The Bertz CT molecular complexity index is 984. The quantitative estimate of drug-likeness (QED) is 0.458. The van der Waals surface area contributed by atoms with Crippen LogP contribution in [-0.4, -0.2) is 25.5 Å². The van der Waals surface area contributed by atoms with Gasteiger partial charge in [-0.15, -0.1) is 0 Å². The summed E-state index contributed by atoms with van der Waals surface area (Å²) in [6.45, 7) is 5.80. The molecule has 0 radical (unpaired) electrons. The second kappa shape index (κ2) is 8.19. The molecule has 0 spiro atoms. The van der Waals surface area contributed by atoms with E-state index in [-0.39, 0.29) is 5.57 Å². The monoisotopic (exact) mass is 398 g/mol. The summed E-state index contributed by atoms with van der Waals surface area (Å²) in [5.74, 6) is 0.0791. The van der Waals surface area contributed by atoms with E-state index in [2.05, 4.69) is 12.0 Å². The summed E-state index contributed by atoms with van der Waals surface area (Å²) in [6.07, 6.45) is 3.13. The van der Waals surface area contributed by atoms with Crippen molar-refractivity contribution in [3.8, 4) is 11.5 Å². The van der Waals surface area contributed by atoms with Crippen LogP contribution < -0.4 is 19.9 Å². The van der Waals surface area contributed by atoms with Gasteiger partial charge in [-0.05, 0) is 48.4 Å². The molecule has 28 heavy (non-hydrogen) atoms. The average molecular weight is 399 g/mol. The maximum Gasteiger partial charge on any atom is 0.282 e. The molecular formula is C21H19ClN2O4. The van der Waals surface area contributed by atoms with Gasteiger partial charge in [0.25, 0.3) is 11.8 Å². The molecule has 0 atom stereocenters. The highest BCUT2D eigenvalue weighted by atomic mass is 35.5. The van der Waals surface area contributed by atoms with Crippen molar-refractivity contribution in [3.63, 3.8) is 0 Å². The molecule has 6 nitrogen and oxygen atoms in total. The van der Waals surface area contributed by atoms with Crippen molar-refractivity contribution in [2.45, 2.75) is 6.92 Å². The van der Waals surface area contributed by atoms with Gasteiger partial charge in [0.2, 0.25) is 0 Å². The molecule has 1 heterocycles. The van der Waals surface area contributed by atoms with Crippen molar-refractivity contribution in [1.82, 2.24) is 5.43 Å². The number of aryl methyl sites for hydroxylation is 1. The number of halogens is 1. The van der Waals surface area contributed by atoms with E-state index in [1.807, 2.05) is 6.92 Å². The Labute approximate surface area is 168 Å². The van der Waals surface area contributed by atoms with E-state index >= 15 is 0 Å². The fourth-order valence-corrected chi connectivity index (χ4v) is 2.84. The summed E-state index contributed by atoms with van der Waals surface area (Å²) in [6, 6.07) is 10.3. The first-order chi connectivity index (χ1) is 13.4. The van der Waals surface area contributed by atoms with Gasteiger partial charge in [0.05, 0.1) is 12.8 Å². The van der Waals surface area contributed by atoms with Gasteiger partial charge in [-0.3, -0.25) is 15.0 Å². The minimum atomic E-state index is -0.493. The standard InChI is InChI=1S/C21H19ClN2O4/c1-4-9-28-18-8-6-14(11-19(18)27-3)10-16-20(25)23-24(21(16)26)15-7-5-13(2)17(22)12-15/h4-8,10-12H,1,9H2,2-3H3,(H,23,25). The van der Waals surface area contributed by atoms with Crippen molar-refractivity contribution < 1.29 is 19.1 Å². The molecule has 7 heteroatoms. The van der Waals surface area contributed by atoms with Crippen LogP contribution in [0.2, 0.25) is 5.02 Å². The second-order valence-corrected chi connectivity index (χ2v) is 6.49. The number of hydrazine groups is 1. The SMILES string of the molecule is C=CCOc1ccc(C=C2C(=O)NN(c3ccc(C)c(Cl)c3)C2=O)cc1OC. The third-order valence-electron chi connectivity index (χ3n) is 4.16. The number of rotatable bonds is 6. The normalized spacial score (nSPS) is 15.0. The maximum absolute atomic E-state index is 12.7. The minimum absolute atomic E-state index is 0.0125. The van der Waals surface area contributed by atoms with Crippen molar-refractivity contribution >= 4 is 35.2 Å². The largest absolute Gasteiger partial charge is 0.493 e. The number of methoxy groups -OCH3 is 1. The van der Waals surface area contributed by atoms with E-state index in [1.165, 1.54) is 18.2 Å². The first-order valence-electron chi connectivity index (χ1n) is 8.49. The average Bonchev–Trinajstić information content (AvgIpc) is 2.97. The summed E-state index contributed by atoms with van der Waals surface area (Å²) < 4.78 is 10.8. The lowest BCUT2D eigenvalue weighted by molar-refractivity contribution is -0.117. The fourth-order valence-electron chi connectivity index (χ4n) is 2.67. The molecule has 1 saturated heterocycles. The molecule has 0 unspecified atom stereocenters. The third kappa shape index (κ3) is 3.87. The number of carbonyl (C=O) groups is 2. The first-order valence-corrected chi connectivity index (χ1v) is 8.87. The van der Waals surface area contributed by atoms with Gasteiger partial charge < -0.3 is 9.47 Å². The van der Waals surface area contributed by atoms with Crippen LogP contribution in [0.1, 0.15) is 11.1 Å². The van der Waals surface area contributed by atoms with Crippen molar-refractivity contribution in [2.24, 2.45) is 0 Å². The highest BCUT2D eigenvalue weighted by Gasteiger charge is 2.34. The van der Waals surface area contributed by atoms with E-state index in [1.54, 1.807) is 42.5 Å². The highest BCUT2D eigenvalue weighted by Crippen LogP contribution is 2.30. The summed E-state index contributed by atoms with van der Waals surface area (Å²) in [5, 5.41) is 1.69. The lowest BCUT2D eigenvalue weighted by Gasteiger charge is -2.15. The van der Waals surface area contributed by atoms with Crippen LogP contribution in [0.25, 0.3) is 6.08 Å².